The van der Waals surface area contributed by atoms with Crippen LogP contribution in [0.1, 0.15) is 36.3 Å². The number of aryl methyl sites for hydroxylation is 3. The van der Waals surface area contributed by atoms with Gasteiger partial charge in [0.05, 0.1) is 22.6 Å². The van der Waals surface area contributed by atoms with E-state index in [1.807, 2.05) is 36.7 Å². The summed E-state index contributed by atoms with van der Waals surface area (Å²) in [4.78, 5) is 27.7. The number of nitro groups is 1. The van der Waals surface area contributed by atoms with Crippen molar-refractivity contribution < 1.29 is 9.72 Å². The standard InChI is InChI=1S/C18H27N7O3/c1-5-16(24-13(2)10-17(20-24)25(27)28)18(26)23-8-6-22(7-9-23)12-15-11-21(4)19-14(15)3/h10-11,16H,5-9,12H2,1-4H3. The Morgan fingerprint density at radius 2 is 1.93 bits per heavy atom. The molecule has 1 aliphatic heterocycles. The Morgan fingerprint density at radius 3 is 2.43 bits per heavy atom. The normalized spacial score (nSPS) is 16.4. The smallest absolute Gasteiger partial charge is 0.358 e. The molecule has 0 aromatic carbocycles. The number of carbonyl (C=O) groups is 1. The average molecular weight is 389 g/mol. The van der Waals surface area contributed by atoms with Gasteiger partial charge >= 0.3 is 5.82 Å². The third-order valence-electron chi connectivity index (χ3n) is 5.26. The highest BCUT2D eigenvalue weighted by molar-refractivity contribution is 5.80. The SMILES string of the molecule is CCC(C(=O)N1CCN(Cc2cn(C)nc2C)CC1)n1nc([N+](=O)[O-])cc1C. The van der Waals surface area contributed by atoms with Gasteiger partial charge in [-0.2, -0.15) is 9.78 Å². The summed E-state index contributed by atoms with van der Waals surface area (Å²) in [6.45, 7) is 9.31. The number of hydrogen-bond acceptors (Lipinski definition) is 6. The van der Waals surface area contributed by atoms with Crippen LogP contribution in [0.5, 0.6) is 0 Å². The zero-order chi connectivity index (χ0) is 20.4. The maximum Gasteiger partial charge on any atom is 0.390 e. The van der Waals surface area contributed by atoms with Crippen LogP contribution in [0.3, 0.4) is 0 Å². The fourth-order valence-electron chi connectivity index (χ4n) is 3.71. The monoisotopic (exact) mass is 389 g/mol. The minimum Gasteiger partial charge on any atom is -0.358 e. The zero-order valence-electron chi connectivity index (χ0n) is 16.8. The zero-order valence-corrected chi connectivity index (χ0v) is 16.8. The molecule has 3 rings (SSSR count). The van der Waals surface area contributed by atoms with Gasteiger partial charge in [0, 0.05) is 51.5 Å². The van der Waals surface area contributed by atoms with Crippen LogP contribution in [0, 0.1) is 24.0 Å². The summed E-state index contributed by atoms with van der Waals surface area (Å²) < 4.78 is 3.31. The Morgan fingerprint density at radius 1 is 1.25 bits per heavy atom. The van der Waals surface area contributed by atoms with Crippen LogP contribution in [-0.2, 0) is 18.4 Å². The van der Waals surface area contributed by atoms with E-state index in [0.717, 1.165) is 25.3 Å². The van der Waals surface area contributed by atoms with Crippen molar-refractivity contribution in [1.29, 1.82) is 0 Å². The summed E-state index contributed by atoms with van der Waals surface area (Å²) in [5, 5.41) is 19.4. The summed E-state index contributed by atoms with van der Waals surface area (Å²) >= 11 is 0. The van der Waals surface area contributed by atoms with Crippen molar-refractivity contribution in [2.45, 2.75) is 39.8 Å². The van der Waals surface area contributed by atoms with Gasteiger partial charge in [-0.15, -0.1) is 0 Å². The molecule has 0 spiro atoms. The van der Waals surface area contributed by atoms with Crippen LogP contribution < -0.4 is 0 Å². The van der Waals surface area contributed by atoms with Gasteiger partial charge in [0.25, 0.3) is 0 Å². The number of nitrogens with zero attached hydrogens (tertiary/aromatic N) is 7. The highest BCUT2D eigenvalue weighted by Crippen LogP contribution is 2.22. The first-order valence-electron chi connectivity index (χ1n) is 9.51. The summed E-state index contributed by atoms with van der Waals surface area (Å²) in [5.41, 5.74) is 2.86. The molecule has 10 nitrogen and oxygen atoms in total. The first kappa shape index (κ1) is 20.0. The lowest BCUT2D eigenvalue weighted by Gasteiger charge is -2.36. The molecule has 10 heteroatoms. The molecule has 1 unspecified atom stereocenters. The van der Waals surface area contributed by atoms with E-state index >= 15 is 0 Å². The van der Waals surface area contributed by atoms with E-state index in [0.29, 0.717) is 25.2 Å². The van der Waals surface area contributed by atoms with Crippen molar-refractivity contribution in [2.24, 2.45) is 7.05 Å². The summed E-state index contributed by atoms with van der Waals surface area (Å²) in [7, 11) is 1.92. The highest BCUT2D eigenvalue weighted by Gasteiger charge is 2.32. The molecule has 2 aromatic heterocycles. The van der Waals surface area contributed by atoms with Crippen molar-refractivity contribution in [3.8, 4) is 0 Å². The lowest BCUT2D eigenvalue weighted by molar-refractivity contribution is -0.389. The third kappa shape index (κ3) is 4.06. The second kappa shape index (κ2) is 8.09. The predicted octanol–water partition coefficient (Wildman–Crippen LogP) is 1.44. The molecule has 1 aliphatic rings. The molecule has 2 aromatic rings. The lowest BCUT2D eigenvalue weighted by atomic mass is 10.1. The fraction of sp³-hybridized carbons (Fsp3) is 0.611. The molecule has 0 N–H and O–H groups in total. The fourth-order valence-corrected chi connectivity index (χ4v) is 3.71. The minimum atomic E-state index is -0.528. The number of aromatic nitrogens is 4. The van der Waals surface area contributed by atoms with Crippen molar-refractivity contribution in [3.05, 3.63) is 39.3 Å². The quantitative estimate of drug-likeness (QED) is 0.547. The first-order chi connectivity index (χ1) is 13.3. The van der Waals surface area contributed by atoms with Crippen molar-refractivity contribution in [2.75, 3.05) is 26.2 Å². The van der Waals surface area contributed by atoms with Gasteiger partial charge in [0.15, 0.2) is 6.04 Å². The van der Waals surface area contributed by atoms with Crippen LogP contribution >= 0.6 is 0 Å². The van der Waals surface area contributed by atoms with Crippen molar-refractivity contribution in [1.82, 2.24) is 29.4 Å². The minimum absolute atomic E-state index is 0.0270. The van der Waals surface area contributed by atoms with Gasteiger partial charge < -0.3 is 15.0 Å². The van der Waals surface area contributed by atoms with Crippen LogP contribution in [0.25, 0.3) is 0 Å². The van der Waals surface area contributed by atoms with E-state index in [4.69, 9.17) is 0 Å². The van der Waals surface area contributed by atoms with Crippen LogP contribution in [-0.4, -0.2) is 66.4 Å². The van der Waals surface area contributed by atoms with Gasteiger partial charge in [0.1, 0.15) is 0 Å². The Balaban J connectivity index is 1.63. The first-order valence-corrected chi connectivity index (χ1v) is 9.51. The molecule has 1 saturated heterocycles. The average Bonchev–Trinajstić information content (AvgIpc) is 3.18. The van der Waals surface area contributed by atoms with Gasteiger partial charge in [0.2, 0.25) is 5.91 Å². The molecule has 1 fully saturated rings. The molecule has 0 radical (unpaired) electrons. The van der Waals surface area contributed by atoms with E-state index in [9.17, 15) is 14.9 Å². The van der Waals surface area contributed by atoms with Gasteiger partial charge in [-0.05, 0) is 25.2 Å². The predicted molar refractivity (Wildman–Crippen MR) is 103 cm³/mol. The Bertz CT molecular complexity index is 865. The summed E-state index contributed by atoms with van der Waals surface area (Å²) in [6, 6.07) is 0.894. The number of carbonyl (C=O) groups excluding carboxylic acids is 1. The maximum absolute atomic E-state index is 13.0. The number of amides is 1. The van der Waals surface area contributed by atoms with E-state index in [1.54, 1.807) is 6.92 Å². The molecule has 1 atom stereocenters. The molecule has 0 saturated carbocycles. The Labute approximate surface area is 163 Å². The number of rotatable bonds is 6. The summed E-state index contributed by atoms with van der Waals surface area (Å²) in [6.07, 6.45) is 2.57. The number of piperazine rings is 1. The van der Waals surface area contributed by atoms with E-state index in [-0.39, 0.29) is 11.7 Å². The van der Waals surface area contributed by atoms with E-state index in [1.165, 1.54) is 16.3 Å². The topological polar surface area (TPSA) is 102 Å². The van der Waals surface area contributed by atoms with Gasteiger partial charge in [-0.1, -0.05) is 6.92 Å². The van der Waals surface area contributed by atoms with Crippen molar-refractivity contribution >= 4 is 11.7 Å². The Hall–Kier alpha value is -2.75. The van der Waals surface area contributed by atoms with E-state index in [2.05, 4.69) is 15.1 Å². The van der Waals surface area contributed by atoms with Crippen LogP contribution in [0.2, 0.25) is 0 Å². The third-order valence-corrected chi connectivity index (χ3v) is 5.26. The van der Waals surface area contributed by atoms with Crippen LogP contribution in [0.4, 0.5) is 5.82 Å². The number of hydrogen-bond donors (Lipinski definition) is 0. The van der Waals surface area contributed by atoms with Crippen LogP contribution in [0.15, 0.2) is 12.3 Å². The summed E-state index contributed by atoms with van der Waals surface area (Å²) in [5.74, 6) is -0.249. The molecule has 28 heavy (non-hydrogen) atoms. The molecule has 3 heterocycles. The second-order valence-corrected chi connectivity index (χ2v) is 7.28. The molecular weight excluding hydrogens is 362 g/mol. The highest BCUT2D eigenvalue weighted by atomic mass is 16.6. The lowest BCUT2D eigenvalue weighted by Crippen LogP contribution is -2.50. The largest absolute Gasteiger partial charge is 0.390 e. The van der Waals surface area contributed by atoms with Gasteiger partial charge in [-0.25, -0.2) is 0 Å². The Kier molecular flexibility index (Phi) is 5.78. The molecule has 1 amide bonds. The van der Waals surface area contributed by atoms with Crippen molar-refractivity contribution in [3.63, 3.8) is 0 Å². The molecule has 152 valence electrons. The molecular formula is C18H27N7O3. The molecule has 0 bridgehead atoms. The maximum atomic E-state index is 13.0. The van der Waals surface area contributed by atoms with Gasteiger partial charge in [-0.3, -0.25) is 14.4 Å². The second-order valence-electron chi connectivity index (χ2n) is 7.28. The van der Waals surface area contributed by atoms with E-state index < -0.39 is 11.0 Å². The molecule has 0 aliphatic carbocycles.